The van der Waals surface area contributed by atoms with Crippen molar-refractivity contribution in [1.29, 1.82) is 0 Å². The standard InChI is InChI=1S/C13H20O/c1-9-8-13-7-3-2-4-10(13)5-6-11(9)12(13)14/h8,10-12,14H,2-7H2,1H3/t10-,11-,12-,13-/m1/s1. The smallest absolute Gasteiger partial charge is 0.0698 e. The molecule has 0 unspecified atom stereocenters. The van der Waals surface area contributed by atoms with E-state index in [-0.39, 0.29) is 11.5 Å². The van der Waals surface area contributed by atoms with Gasteiger partial charge in [0.15, 0.2) is 0 Å². The van der Waals surface area contributed by atoms with Gasteiger partial charge in [0.25, 0.3) is 0 Å². The first kappa shape index (κ1) is 8.96. The maximum absolute atomic E-state index is 10.4. The molecule has 0 radical (unpaired) electrons. The van der Waals surface area contributed by atoms with Crippen LogP contribution in [0.2, 0.25) is 0 Å². The van der Waals surface area contributed by atoms with E-state index in [1.807, 2.05) is 0 Å². The average molecular weight is 192 g/mol. The molecule has 3 rings (SSSR count). The van der Waals surface area contributed by atoms with Crippen LogP contribution < -0.4 is 0 Å². The first-order valence-electron chi connectivity index (χ1n) is 6.11. The van der Waals surface area contributed by atoms with Crippen LogP contribution in [0.15, 0.2) is 11.6 Å². The normalized spacial score (nSPS) is 51.3. The zero-order valence-corrected chi connectivity index (χ0v) is 9.00. The molecule has 0 saturated heterocycles. The first-order chi connectivity index (χ1) is 6.74. The number of fused-ring (bicyclic) bond motifs is 1. The Morgan fingerprint density at radius 1 is 1.29 bits per heavy atom. The maximum Gasteiger partial charge on any atom is 0.0698 e. The second-order valence-electron chi connectivity index (χ2n) is 5.57. The van der Waals surface area contributed by atoms with E-state index in [2.05, 4.69) is 13.0 Å². The van der Waals surface area contributed by atoms with Crippen LogP contribution in [0.25, 0.3) is 0 Å². The highest BCUT2D eigenvalue weighted by atomic mass is 16.3. The molecule has 3 aliphatic rings. The van der Waals surface area contributed by atoms with Crippen LogP contribution in [0.4, 0.5) is 0 Å². The molecular formula is C13H20O. The fourth-order valence-corrected chi connectivity index (χ4v) is 4.29. The van der Waals surface area contributed by atoms with Gasteiger partial charge in [0, 0.05) is 11.3 Å². The fraction of sp³-hybridized carbons (Fsp3) is 0.846. The van der Waals surface area contributed by atoms with Gasteiger partial charge < -0.3 is 5.11 Å². The zero-order valence-electron chi connectivity index (χ0n) is 9.00. The number of aliphatic hydroxyl groups excluding tert-OH is 1. The summed E-state index contributed by atoms with van der Waals surface area (Å²) < 4.78 is 0. The Morgan fingerprint density at radius 2 is 2.14 bits per heavy atom. The Kier molecular flexibility index (Phi) is 1.82. The van der Waals surface area contributed by atoms with Crippen LogP contribution in [0.3, 0.4) is 0 Å². The zero-order chi connectivity index (χ0) is 9.76. The van der Waals surface area contributed by atoms with Crippen molar-refractivity contribution in [2.75, 3.05) is 0 Å². The number of hydrogen-bond donors (Lipinski definition) is 1. The molecule has 0 aromatic rings. The lowest BCUT2D eigenvalue weighted by Crippen LogP contribution is -2.46. The summed E-state index contributed by atoms with van der Waals surface area (Å²) in [5.41, 5.74) is 1.69. The van der Waals surface area contributed by atoms with Crippen molar-refractivity contribution < 1.29 is 5.11 Å². The van der Waals surface area contributed by atoms with Gasteiger partial charge in [-0.1, -0.05) is 24.5 Å². The third kappa shape index (κ3) is 0.942. The molecule has 1 nitrogen and oxygen atoms in total. The Balaban J connectivity index is 2.02. The first-order valence-corrected chi connectivity index (χ1v) is 6.11. The molecule has 78 valence electrons. The molecule has 14 heavy (non-hydrogen) atoms. The lowest BCUT2D eigenvalue weighted by Gasteiger charge is -2.47. The van der Waals surface area contributed by atoms with Gasteiger partial charge >= 0.3 is 0 Å². The lowest BCUT2D eigenvalue weighted by molar-refractivity contribution is -0.0547. The SMILES string of the molecule is CC1=C[C@]23CCCC[C@@H]2CC[C@H]1[C@H]3O. The number of hydrogen-bond acceptors (Lipinski definition) is 1. The average Bonchev–Trinajstić information content (AvgIpc) is 2.36. The quantitative estimate of drug-likeness (QED) is 0.585. The Bertz CT molecular complexity index is 281. The highest BCUT2D eigenvalue weighted by Gasteiger charge is 2.54. The largest absolute Gasteiger partial charge is 0.392 e. The van der Waals surface area contributed by atoms with Gasteiger partial charge in [-0.05, 0) is 38.5 Å². The third-order valence-corrected chi connectivity index (χ3v) is 5.01. The van der Waals surface area contributed by atoms with E-state index in [0.717, 1.165) is 5.92 Å². The minimum Gasteiger partial charge on any atom is -0.392 e. The summed E-state index contributed by atoms with van der Waals surface area (Å²) in [5, 5.41) is 10.4. The van der Waals surface area contributed by atoms with Crippen LogP contribution in [0.5, 0.6) is 0 Å². The van der Waals surface area contributed by atoms with Gasteiger partial charge in [-0.3, -0.25) is 0 Å². The molecule has 0 aromatic carbocycles. The summed E-state index contributed by atoms with van der Waals surface area (Å²) in [4.78, 5) is 0. The molecule has 1 spiro atoms. The molecule has 1 N–H and O–H groups in total. The van der Waals surface area contributed by atoms with E-state index in [4.69, 9.17) is 0 Å². The molecule has 0 amide bonds. The lowest BCUT2D eigenvalue weighted by atomic mass is 9.59. The summed E-state index contributed by atoms with van der Waals surface area (Å²) in [7, 11) is 0. The molecule has 4 atom stereocenters. The van der Waals surface area contributed by atoms with Crippen molar-refractivity contribution in [3.8, 4) is 0 Å². The summed E-state index contributed by atoms with van der Waals surface area (Å²) in [6.45, 7) is 2.22. The molecule has 2 bridgehead atoms. The minimum atomic E-state index is -0.0402. The molecule has 0 aromatic heterocycles. The Labute approximate surface area is 86.2 Å². The molecule has 2 saturated carbocycles. The molecular weight excluding hydrogens is 172 g/mol. The fourth-order valence-electron chi connectivity index (χ4n) is 4.29. The van der Waals surface area contributed by atoms with E-state index in [1.54, 1.807) is 0 Å². The summed E-state index contributed by atoms with van der Waals surface area (Å²) in [6, 6.07) is 0. The van der Waals surface area contributed by atoms with E-state index >= 15 is 0 Å². The summed E-state index contributed by atoms with van der Waals surface area (Å²) >= 11 is 0. The maximum atomic E-state index is 10.4. The van der Waals surface area contributed by atoms with Gasteiger partial charge in [-0.25, -0.2) is 0 Å². The van der Waals surface area contributed by atoms with E-state index in [1.165, 1.54) is 44.1 Å². The minimum absolute atomic E-state index is 0.0402. The number of rotatable bonds is 0. The predicted molar refractivity (Wildman–Crippen MR) is 56.9 cm³/mol. The second-order valence-corrected chi connectivity index (χ2v) is 5.57. The molecule has 1 heteroatoms. The monoisotopic (exact) mass is 192 g/mol. The van der Waals surface area contributed by atoms with Crippen molar-refractivity contribution in [3.63, 3.8) is 0 Å². The van der Waals surface area contributed by atoms with Gasteiger partial charge in [-0.15, -0.1) is 0 Å². The molecule has 3 aliphatic carbocycles. The van der Waals surface area contributed by atoms with E-state index in [0.29, 0.717) is 5.92 Å². The van der Waals surface area contributed by atoms with Crippen LogP contribution in [0, 0.1) is 17.3 Å². The van der Waals surface area contributed by atoms with Crippen LogP contribution in [0.1, 0.15) is 45.4 Å². The van der Waals surface area contributed by atoms with Crippen molar-refractivity contribution in [2.24, 2.45) is 17.3 Å². The topological polar surface area (TPSA) is 20.2 Å². The number of aliphatic hydroxyl groups is 1. The van der Waals surface area contributed by atoms with E-state index < -0.39 is 0 Å². The van der Waals surface area contributed by atoms with E-state index in [9.17, 15) is 5.11 Å². The highest BCUT2D eigenvalue weighted by molar-refractivity contribution is 5.27. The van der Waals surface area contributed by atoms with Crippen molar-refractivity contribution >= 4 is 0 Å². The molecule has 0 aliphatic heterocycles. The van der Waals surface area contributed by atoms with Gasteiger partial charge in [0.05, 0.1) is 6.10 Å². The van der Waals surface area contributed by atoms with Gasteiger partial charge in [0.1, 0.15) is 0 Å². The molecule has 0 heterocycles. The second kappa shape index (κ2) is 2.85. The van der Waals surface area contributed by atoms with Gasteiger partial charge in [-0.2, -0.15) is 0 Å². The Hall–Kier alpha value is -0.300. The summed E-state index contributed by atoms with van der Waals surface area (Å²) in [6.07, 6.45) is 10.3. The van der Waals surface area contributed by atoms with Crippen LogP contribution in [-0.2, 0) is 0 Å². The third-order valence-electron chi connectivity index (χ3n) is 5.01. The van der Waals surface area contributed by atoms with Crippen LogP contribution in [-0.4, -0.2) is 11.2 Å². The molecule has 2 fully saturated rings. The van der Waals surface area contributed by atoms with Crippen molar-refractivity contribution in [1.82, 2.24) is 0 Å². The Morgan fingerprint density at radius 3 is 3.00 bits per heavy atom. The highest BCUT2D eigenvalue weighted by Crippen LogP contribution is 2.58. The predicted octanol–water partition coefficient (Wildman–Crippen LogP) is 2.89. The summed E-state index contributed by atoms with van der Waals surface area (Å²) in [5.74, 6) is 1.30. The van der Waals surface area contributed by atoms with Crippen molar-refractivity contribution in [3.05, 3.63) is 11.6 Å². The van der Waals surface area contributed by atoms with Gasteiger partial charge in [0.2, 0.25) is 0 Å². The van der Waals surface area contributed by atoms with Crippen LogP contribution >= 0.6 is 0 Å². The van der Waals surface area contributed by atoms with Crippen molar-refractivity contribution in [2.45, 2.75) is 51.6 Å².